The quantitative estimate of drug-likeness (QED) is 0.446. The molecule has 0 radical (unpaired) electrons. The van der Waals surface area contributed by atoms with Crippen LogP contribution in [0, 0.1) is 0 Å². The molecular formula is C22H27ClN2O2S. The molecule has 0 spiro atoms. The Kier molecular flexibility index (Phi) is 9.38. The smallest absolute Gasteiger partial charge is 0.242 e. The van der Waals surface area contributed by atoms with E-state index in [0.29, 0.717) is 18.1 Å². The molecule has 1 atom stereocenters. The molecule has 0 fully saturated rings. The van der Waals surface area contributed by atoms with Gasteiger partial charge in [0.25, 0.3) is 0 Å². The maximum atomic E-state index is 13.0. The normalized spacial score (nSPS) is 11.7. The van der Waals surface area contributed by atoms with E-state index < -0.39 is 6.04 Å². The lowest BCUT2D eigenvalue weighted by atomic mass is 10.1. The largest absolute Gasteiger partial charge is 0.354 e. The monoisotopic (exact) mass is 418 g/mol. The molecule has 0 saturated carbocycles. The van der Waals surface area contributed by atoms with Crippen molar-refractivity contribution in [1.82, 2.24) is 10.2 Å². The first-order valence-corrected chi connectivity index (χ1v) is 10.9. The van der Waals surface area contributed by atoms with E-state index in [1.165, 1.54) is 11.8 Å². The summed E-state index contributed by atoms with van der Waals surface area (Å²) in [6, 6.07) is 16.6. The van der Waals surface area contributed by atoms with Gasteiger partial charge in [-0.2, -0.15) is 0 Å². The molecule has 2 rings (SSSR count). The second kappa shape index (κ2) is 11.8. The van der Waals surface area contributed by atoms with E-state index >= 15 is 0 Å². The Balaban J connectivity index is 2.06. The summed E-state index contributed by atoms with van der Waals surface area (Å²) in [5.74, 6) is 0.0808. The van der Waals surface area contributed by atoms with Crippen LogP contribution < -0.4 is 5.32 Å². The molecule has 0 unspecified atom stereocenters. The second-order valence-electron chi connectivity index (χ2n) is 6.57. The predicted molar refractivity (Wildman–Crippen MR) is 117 cm³/mol. The van der Waals surface area contributed by atoms with Crippen molar-refractivity contribution in [3.8, 4) is 0 Å². The summed E-state index contributed by atoms with van der Waals surface area (Å²) in [4.78, 5) is 28.1. The zero-order chi connectivity index (χ0) is 20.4. The van der Waals surface area contributed by atoms with E-state index in [1.54, 1.807) is 24.0 Å². The molecule has 0 aliphatic carbocycles. The number of hydrogen-bond acceptors (Lipinski definition) is 3. The number of nitrogens with one attached hydrogen (secondary N) is 1. The third kappa shape index (κ3) is 7.21. The molecule has 0 aromatic heterocycles. The average Bonchev–Trinajstić information content (AvgIpc) is 2.71. The molecule has 2 aromatic carbocycles. The van der Waals surface area contributed by atoms with E-state index in [9.17, 15) is 9.59 Å². The molecule has 2 amide bonds. The van der Waals surface area contributed by atoms with Gasteiger partial charge in [0.05, 0.1) is 5.75 Å². The molecule has 4 nitrogen and oxygen atoms in total. The molecule has 28 heavy (non-hydrogen) atoms. The van der Waals surface area contributed by atoms with Crippen LogP contribution in [0.4, 0.5) is 0 Å². The van der Waals surface area contributed by atoms with Gasteiger partial charge in [-0.1, -0.05) is 55.3 Å². The summed E-state index contributed by atoms with van der Waals surface area (Å²) < 4.78 is 0. The number of halogens is 1. The lowest BCUT2D eigenvalue weighted by Crippen LogP contribution is -2.48. The van der Waals surface area contributed by atoms with Gasteiger partial charge in [0, 0.05) is 23.0 Å². The minimum absolute atomic E-state index is 0.0676. The van der Waals surface area contributed by atoms with Crippen molar-refractivity contribution in [1.29, 1.82) is 0 Å². The number of benzene rings is 2. The lowest BCUT2D eigenvalue weighted by molar-refractivity contribution is -0.138. The fourth-order valence-electron chi connectivity index (χ4n) is 2.66. The van der Waals surface area contributed by atoms with E-state index in [4.69, 9.17) is 11.6 Å². The first-order chi connectivity index (χ1) is 13.5. The van der Waals surface area contributed by atoms with Gasteiger partial charge in [-0.15, -0.1) is 11.8 Å². The average molecular weight is 419 g/mol. The minimum atomic E-state index is -0.532. The van der Waals surface area contributed by atoms with E-state index in [1.807, 2.05) is 42.5 Å². The van der Waals surface area contributed by atoms with Crippen molar-refractivity contribution in [2.75, 3.05) is 12.3 Å². The zero-order valence-electron chi connectivity index (χ0n) is 16.4. The Morgan fingerprint density at radius 1 is 1.11 bits per heavy atom. The van der Waals surface area contributed by atoms with Gasteiger partial charge in [0.1, 0.15) is 6.04 Å². The molecule has 150 valence electrons. The SMILES string of the molecule is CCCCNC(=O)[C@@H](C)N(Cc1ccccc1)C(=O)CSc1ccc(Cl)cc1. The highest BCUT2D eigenvalue weighted by molar-refractivity contribution is 8.00. The number of unbranched alkanes of at least 4 members (excludes halogenated alkanes) is 1. The topological polar surface area (TPSA) is 49.4 Å². The van der Waals surface area contributed by atoms with Gasteiger partial charge in [-0.25, -0.2) is 0 Å². The van der Waals surface area contributed by atoms with Gasteiger partial charge in [0.15, 0.2) is 0 Å². The summed E-state index contributed by atoms with van der Waals surface area (Å²) in [5, 5.41) is 3.60. The van der Waals surface area contributed by atoms with Crippen molar-refractivity contribution < 1.29 is 9.59 Å². The Bertz CT molecular complexity index is 753. The zero-order valence-corrected chi connectivity index (χ0v) is 17.9. The maximum Gasteiger partial charge on any atom is 0.242 e. The molecule has 1 N–H and O–H groups in total. The molecule has 2 aromatic rings. The van der Waals surface area contributed by atoms with Crippen LogP contribution in [0.1, 0.15) is 32.3 Å². The molecular weight excluding hydrogens is 392 g/mol. The van der Waals surface area contributed by atoms with Crippen molar-refractivity contribution >= 4 is 35.2 Å². The summed E-state index contributed by atoms with van der Waals surface area (Å²) in [5.41, 5.74) is 1.00. The van der Waals surface area contributed by atoms with Gasteiger partial charge >= 0.3 is 0 Å². The van der Waals surface area contributed by atoms with E-state index in [-0.39, 0.29) is 17.6 Å². The van der Waals surface area contributed by atoms with Crippen molar-refractivity contribution in [3.63, 3.8) is 0 Å². The highest BCUT2D eigenvalue weighted by Crippen LogP contribution is 2.21. The minimum Gasteiger partial charge on any atom is -0.354 e. The van der Waals surface area contributed by atoms with Crippen molar-refractivity contribution in [2.45, 2.75) is 44.2 Å². The first kappa shape index (κ1) is 22.3. The molecule has 0 heterocycles. The fourth-order valence-corrected chi connectivity index (χ4v) is 3.57. The van der Waals surface area contributed by atoms with Crippen molar-refractivity contribution in [3.05, 3.63) is 65.2 Å². The summed E-state index contributed by atoms with van der Waals surface area (Å²) in [6.45, 7) is 4.90. The molecule has 0 aliphatic rings. The predicted octanol–water partition coefficient (Wildman–Crippen LogP) is 4.77. The number of carbonyl (C=O) groups excluding carboxylic acids is 2. The summed E-state index contributed by atoms with van der Waals surface area (Å²) in [7, 11) is 0. The number of amides is 2. The Morgan fingerprint density at radius 2 is 1.79 bits per heavy atom. The molecule has 0 saturated heterocycles. The molecule has 6 heteroatoms. The van der Waals surface area contributed by atoms with Crippen LogP contribution in [0.25, 0.3) is 0 Å². The van der Waals surface area contributed by atoms with Gasteiger partial charge in [-0.3, -0.25) is 9.59 Å². The van der Waals surface area contributed by atoms with Crippen LogP contribution >= 0.6 is 23.4 Å². The van der Waals surface area contributed by atoms with Crippen LogP contribution in [-0.2, 0) is 16.1 Å². The highest BCUT2D eigenvalue weighted by Gasteiger charge is 2.25. The third-order valence-electron chi connectivity index (χ3n) is 4.37. The van der Waals surface area contributed by atoms with Gasteiger partial charge < -0.3 is 10.2 Å². The number of carbonyl (C=O) groups is 2. The number of hydrogen-bond donors (Lipinski definition) is 1. The second-order valence-corrected chi connectivity index (χ2v) is 8.06. The van der Waals surface area contributed by atoms with E-state index in [0.717, 1.165) is 23.3 Å². The van der Waals surface area contributed by atoms with Gasteiger partial charge in [-0.05, 0) is 43.2 Å². The van der Waals surface area contributed by atoms with Gasteiger partial charge in [0.2, 0.25) is 11.8 Å². The van der Waals surface area contributed by atoms with Crippen LogP contribution in [0.2, 0.25) is 5.02 Å². The fraction of sp³-hybridized carbons (Fsp3) is 0.364. The van der Waals surface area contributed by atoms with Crippen LogP contribution in [0.5, 0.6) is 0 Å². The highest BCUT2D eigenvalue weighted by atomic mass is 35.5. The number of thioether (sulfide) groups is 1. The number of nitrogens with zero attached hydrogens (tertiary/aromatic N) is 1. The molecule has 0 aliphatic heterocycles. The maximum absolute atomic E-state index is 13.0. The Labute approximate surface area is 176 Å². The first-order valence-electron chi connectivity index (χ1n) is 9.50. The Hall–Kier alpha value is -1.98. The lowest BCUT2D eigenvalue weighted by Gasteiger charge is -2.28. The molecule has 0 bridgehead atoms. The third-order valence-corrected chi connectivity index (χ3v) is 5.62. The standard InChI is InChI=1S/C22H27ClN2O2S/c1-3-4-14-24-22(27)17(2)25(15-18-8-6-5-7-9-18)21(26)16-28-20-12-10-19(23)11-13-20/h5-13,17H,3-4,14-16H2,1-2H3,(H,24,27)/t17-/m1/s1. The van der Waals surface area contributed by atoms with Crippen LogP contribution in [0.3, 0.4) is 0 Å². The van der Waals surface area contributed by atoms with Crippen LogP contribution in [0.15, 0.2) is 59.5 Å². The Morgan fingerprint density at radius 3 is 2.43 bits per heavy atom. The summed E-state index contributed by atoms with van der Waals surface area (Å²) >= 11 is 7.36. The summed E-state index contributed by atoms with van der Waals surface area (Å²) in [6.07, 6.45) is 1.94. The number of rotatable bonds is 10. The van der Waals surface area contributed by atoms with Crippen molar-refractivity contribution in [2.24, 2.45) is 0 Å². The van der Waals surface area contributed by atoms with Crippen LogP contribution in [-0.4, -0.2) is 35.1 Å². The van der Waals surface area contributed by atoms with E-state index in [2.05, 4.69) is 12.2 Å².